The number of H-pyrrole nitrogens is 1. The highest BCUT2D eigenvalue weighted by Crippen LogP contribution is 2.26. The molecule has 0 atom stereocenters. The van der Waals surface area contributed by atoms with E-state index in [1.807, 2.05) is 19.1 Å². The standard InChI is InChI=1S/C16H13ClN2O/c1-9-2-4-14(18)12(6-9)16(20)13-8-19-15-5-3-10(17)7-11(13)15/h2-8,19H,18H2,1H3. The number of carbonyl (C=O) groups is 1. The van der Waals surface area contributed by atoms with Crippen molar-refractivity contribution in [1.82, 2.24) is 4.98 Å². The summed E-state index contributed by atoms with van der Waals surface area (Å²) in [6, 6.07) is 10.9. The number of aryl methyl sites for hydroxylation is 1. The summed E-state index contributed by atoms with van der Waals surface area (Å²) in [6.07, 6.45) is 1.70. The number of hydrogen-bond donors (Lipinski definition) is 2. The molecule has 0 aliphatic carbocycles. The van der Waals surface area contributed by atoms with Crippen LogP contribution in [-0.2, 0) is 0 Å². The van der Waals surface area contributed by atoms with Gasteiger partial charge >= 0.3 is 0 Å². The maximum Gasteiger partial charge on any atom is 0.197 e. The molecule has 1 heterocycles. The highest BCUT2D eigenvalue weighted by Gasteiger charge is 2.16. The first kappa shape index (κ1) is 12.8. The third kappa shape index (κ3) is 2.06. The number of halogens is 1. The fourth-order valence-corrected chi connectivity index (χ4v) is 2.46. The van der Waals surface area contributed by atoms with E-state index in [0.29, 0.717) is 21.8 Å². The van der Waals surface area contributed by atoms with Gasteiger partial charge in [-0.25, -0.2) is 0 Å². The lowest BCUT2D eigenvalue weighted by Crippen LogP contribution is -2.05. The smallest absolute Gasteiger partial charge is 0.197 e. The summed E-state index contributed by atoms with van der Waals surface area (Å²) < 4.78 is 0. The van der Waals surface area contributed by atoms with E-state index in [0.717, 1.165) is 16.5 Å². The number of hydrogen-bond acceptors (Lipinski definition) is 2. The molecule has 0 spiro atoms. The van der Waals surface area contributed by atoms with Crippen LogP contribution in [-0.4, -0.2) is 10.8 Å². The molecule has 3 aromatic rings. The van der Waals surface area contributed by atoms with Crippen LogP contribution in [0.25, 0.3) is 10.9 Å². The van der Waals surface area contributed by atoms with Crippen LogP contribution < -0.4 is 5.73 Å². The van der Waals surface area contributed by atoms with Gasteiger partial charge in [0.05, 0.1) is 0 Å². The highest BCUT2D eigenvalue weighted by atomic mass is 35.5. The van der Waals surface area contributed by atoms with Crippen molar-refractivity contribution in [3.63, 3.8) is 0 Å². The summed E-state index contributed by atoms with van der Waals surface area (Å²) in [4.78, 5) is 15.7. The van der Waals surface area contributed by atoms with Gasteiger partial charge in [0.2, 0.25) is 0 Å². The maximum absolute atomic E-state index is 12.7. The minimum absolute atomic E-state index is 0.0975. The minimum atomic E-state index is -0.0975. The molecule has 20 heavy (non-hydrogen) atoms. The number of anilines is 1. The molecule has 0 aliphatic heterocycles. The molecule has 0 radical (unpaired) electrons. The van der Waals surface area contributed by atoms with E-state index in [4.69, 9.17) is 17.3 Å². The van der Waals surface area contributed by atoms with Crippen LogP contribution in [0.1, 0.15) is 21.5 Å². The molecule has 0 bridgehead atoms. The Hall–Kier alpha value is -2.26. The first-order valence-electron chi connectivity index (χ1n) is 6.24. The van der Waals surface area contributed by atoms with Crippen LogP contribution in [0.3, 0.4) is 0 Å². The van der Waals surface area contributed by atoms with Crippen molar-refractivity contribution in [3.8, 4) is 0 Å². The second-order valence-electron chi connectivity index (χ2n) is 4.81. The van der Waals surface area contributed by atoms with Crippen LogP contribution in [0.5, 0.6) is 0 Å². The summed E-state index contributed by atoms with van der Waals surface area (Å²) in [5.41, 5.74) is 9.38. The highest BCUT2D eigenvalue weighted by molar-refractivity contribution is 6.31. The Morgan fingerprint density at radius 1 is 1.15 bits per heavy atom. The Balaban J connectivity index is 2.17. The molecule has 0 amide bonds. The van der Waals surface area contributed by atoms with Crippen LogP contribution in [0.2, 0.25) is 5.02 Å². The lowest BCUT2D eigenvalue weighted by atomic mass is 9.99. The summed E-state index contributed by atoms with van der Waals surface area (Å²) in [5.74, 6) is -0.0975. The summed E-state index contributed by atoms with van der Waals surface area (Å²) >= 11 is 6.00. The number of rotatable bonds is 2. The Labute approximate surface area is 121 Å². The second-order valence-corrected chi connectivity index (χ2v) is 5.25. The lowest BCUT2D eigenvalue weighted by Gasteiger charge is -2.05. The third-order valence-electron chi connectivity index (χ3n) is 3.34. The number of aromatic amines is 1. The van der Waals surface area contributed by atoms with Gasteiger partial charge in [-0.15, -0.1) is 0 Å². The van der Waals surface area contributed by atoms with E-state index >= 15 is 0 Å². The topological polar surface area (TPSA) is 58.9 Å². The number of carbonyl (C=O) groups excluding carboxylic acids is 1. The number of fused-ring (bicyclic) bond motifs is 1. The van der Waals surface area contributed by atoms with Gasteiger partial charge in [-0.05, 0) is 37.3 Å². The van der Waals surface area contributed by atoms with Gasteiger partial charge in [-0.1, -0.05) is 23.2 Å². The molecular formula is C16H13ClN2O. The van der Waals surface area contributed by atoms with Crippen molar-refractivity contribution in [2.24, 2.45) is 0 Å². The monoisotopic (exact) mass is 284 g/mol. The average molecular weight is 285 g/mol. The number of nitrogens with one attached hydrogen (secondary N) is 1. The number of benzene rings is 2. The Bertz CT molecular complexity index is 820. The predicted octanol–water partition coefficient (Wildman–Crippen LogP) is 3.94. The van der Waals surface area contributed by atoms with Gasteiger partial charge in [-0.3, -0.25) is 4.79 Å². The van der Waals surface area contributed by atoms with Crippen LogP contribution >= 0.6 is 11.6 Å². The molecule has 0 aliphatic rings. The van der Waals surface area contributed by atoms with Crippen molar-refractivity contribution >= 4 is 34.0 Å². The molecule has 0 saturated carbocycles. The number of nitrogen functional groups attached to an aromatic ring is 1. The fraction of sp³-hybridized carbons (Fsp3) is 0.0625. The minimum Gasteiger partial charge on any atom is -0.398 e. The molecule has 1 aromatic heterocycles. The van der Waals surface area contributed by atoms with Gasteiger partial charge in [0, 0.05) is 38.9 Å². The first-order valence-corrected chi connectivity index (χ1v) is 6.61. The van der Waals surface area contributed by atoms with Gasteiger partial charge in [0.25, 0.3) is 0 Å². The molecule has 0 fully saturated rings. The zero-order valence-corrected chi connectivity index (χ0v) is 11.7. The summed E-state index contributed by atoms with van der Waals surface area (Å²) in [6.45, 7) is 1.93. The van der Waals surface area contributed by atoms with Crippen LogP contribution in [0, 0.1) is 6.92 Å². The quantitative estimate of drug-likeness (QED) is 0.553. The van der Waals surface area contributed by atoms with E-state index < -0.39 is 0 Å². The maximum atomic E-state index is 12.7. The Kier molecular flexibility index (Phi) is 2.99. The van der Waals surface area contributed by atoms with Crippen molar-refractivity contribution in [1.29, 1.82) is 0 Å². The molecule has 4 heteroatoms. The molecule has 0 unspecified atom stereocenters. The normalized spacial score (nSPS) is 10.9. The zero-order valence-electron chi connectivity index (χ0n) is 10.9. The third-order valence-corrected chi connectivity index (χ3v) is 3.58. The molecule has 100 valence electrons. The van der Waals surface area contributed by atoms with Gasteiger partial charge < -0.3 is 10.7 Å². The number of aromatic nitrogens is 1. The molecule has 0 saturated heterocycles. The number of ketones is 1. The van der Waals surface area contributed by atoms with E-state index in [2.05, 4.69) is 4.98 Å². The molecule has 3 N–H and O–H groups in total. The lowest BCUT2D eigenvalue weighted by molar-refractivity contribution is 0.104. The van der Waals surface area contributed by atoms with Crippen LogP contribution in [0.15, 0.2) is 42.6 Å². The Morgan fingerprint density at radius 3 is 2.75 bits per heavy atom. The predicted molar refractivity (Wildman–Crippen MR) is 82.3 cm³/mol. The molecule has 3 rings (SSSR count). The van der Waals surface area contributed by atoms with E-state index in [9.17, 15) is 4.79 Å². The zero-order chi connectivity index (χ0) is 14.3. The average Bonchev–Trinajstić information content (AvgIpc) is 2.83. The molecule has 2 aromatic carbocycles. The van der Waals surface area contributed by atoms with Gasteiger partial charge in [0.15, 0.2) is 5.78 Å². The summed E-state index contributed by atoms with van der Waals surface area (Å²) in [7, 11) is 0. The fourth-order valence-electron chi connectivity index (χ4n) is 2.29. The van der Waals surface area contributed by atoms with Gasteiger partial charge in [0.1, 0.15) is 0 Å². The van der Waals surface area contributed by atoms with E-state index in [1.165, 1.54) is 0 Å². The van der Waals surface area contributed by atoms with E-state index in [1.54, 1.807) is 30.5 Å². The van der Waals surface area contributed by atoms with Crippen molar-refractivity contribution < 1.29 is 4.79 Å². The molecular weight excluding hydrogens is 272 g/mol. The largest absolute Gasteiger partial charge is 0.398 e. The second kappa shape index (κ2) is 4.69. The van der Waals surface area contributed by atoms with Crippen molar-refractivity contribution in [2.75, 3.05) is 5.73 Å². The molecule has 3 nitrogen and oxygen atoms in total. The van der Waals surface area contributed by atoms with Gasteiger partial charge in [-0.2, -0.15) is 0 Å². The van der Waals surface area contributed by atoms with Crippen molar-refractivity contribution in [2.45, 2.75) is 6.92 Å². The number of nitrogens with two attached hydrogens (primary N) is 1. The van der Waals surface area contributed by atoms with Crippen molar-refractivity contribution in [3.05, 3.63) is 64.3 Å². The SMILES string of the molecule is Cc1ccc(N)c(C(=O)c2c[nH]c3ccc(Cl)cc23)c1. The Morgan fingerprint density at radius 2 is 1.95 bits per heavy atom. The van der Waals surface area contributed by atoms with E-state index in [-0.39, 0.29) is 5.78 Å². The first-order chi connectivity index (χ1) is 9.56. The van der Waals surface area contributed by atoms with Crippen LogP contribution in [0.4, 0.5) is 5.69 Å². The summed E-state index contributed by atoms with van der Waals surface area (Å²) in [5, 5.41) is 1.41.